The molecule has 1 saturated heterocycles. The maximum atomic E-state index is 13.4. The summed E-state index contributed by atoms with van der Waals surface area (Å²) in [6.45, 7) is 3.58. The van der Waals surface area contributed by atoms with Gasteiger partial charge in [0.25, 0.3) is 0 Å². The lowest BCUT2D eigenvalue weighted by Crippen LogP contribution is -2.48. The minimum absolute atomic E-state index is 0.0843. The molecule has 1 fully saturated rings. The number of hydrogen-bond donors (Lipinski definition) is 1. The Labute approximate surface area is 160 Å². The van der Waals surface area contributed by atoms with Crippen LogP contribution >= 0.6 is 0 Å². The van der Waals surface area contributed by atoms with Crippen molar-refractivity contribution in [2.75, 3.05) is 26.7 Å². The molecule has 27 heavy (non-hydrogen) atoms. The van der Waals surface area contributed by atoms with Gasteiger partial charge in [-0.15, -0.1) is 0 Å². The first-order valence-electron chi connectivity index (χ1n) is 8.90. The Hall–Kier alpha value is -2.40. The zero-order valence-corrected chi connectivity index (χ0v) is 16.3. The third-order valence-corrected chi connectivity index (χ3v) is 6.79. The van der Waals surface area contributed by atoms with Crippen molar-refractivity contribution < 1.29 is 13.2 Å². The number of nitrogens with one attached hydrogen (secondary N) is 1. The number of aryl methyl sites for hydroxylation is 1. The maximum Gasteiger partial charge on any atom is 0.247 e. The highest BCUT2D eigenvalue weighted by molar-refractivity contribution is 7.89. The third-order valence-electron chi connectivity index (χ3n) is 4.85. The Kier molecular flexibility index (Phi) is 5.80. The molecule has 2 aromatic carbocycles. The molecule has 0 aromatic heterocycles. The molecule has 1 atom stereocenters. The Morgan fingerprint density at radius 1 is 1.26 bits per heavy atom. The molecule has 1 heterocycles. The van der Waals surface area contributed by atoms with E-state index in [2.05, 4.69) is 12.2 Å². The van der Waals surface area contributed by atoms with Gasteiger partial charge >= 0.3 is 0 Å². The highest BCUT2D eigenvalue weighted by atomic mass is 32.2. The molecule has 2 aromatic rings. The minimum atomic E-state index is -3.78. The third kappa shape index (κ3) is 3.83. The number of benzene rings is 2. The zero-order chi connectivity index (χ0) is 19.4. The van der Waals surface area contributed by atoms with Gasteiger partial charge in [-0.1, -0.05) is 31.2 Å². The first kappa shape index (κ1) is 19.4. The van der Waals surface area contributed by atoms with Gasteiger partial charge in [0, 0.05) is 19.6 Å². The highest BCUT2D eigenvalue weighted by Gasteiger charge is 2.36. The molecule has 6 nitrogen and oxygen atoms in total. The quantitative estimate of drug-likeness (QED) is 0.855. The van der Waals surface area contributed by atoms with Crippen molar-refractivity contribution in [3.8, 4) is 11.8 Å². The van der Waals surface area contributed by atoms with Crippen molar-refractivity contribution in [1.82, 2.24) is 9.62 Å². The molecular formula is C20H23N3O3S. The van der Waals surface area contributed by atoms with Gasteiger partial charge in [-0.25, -0.2) is 8.42 Å². The lowest BCUT2D eigenvalue weighted by Gasteiger charge is -2.35. The summed E-state index contributed by atoms with van der Waals surface area (Å²) in [6, 6.07) is 14.2. The second-order valence-electron chi connectivity index (χ2n) is 6.41. The Morgan fingerprint density at radius 3 is 2.63 bits per heavy atom. The van der Waals surface area contributed by atoms with Crippen molar-refractivity contribution in [3.05, 3.63) is 59.2 Å². The summed E-state index contributed by atoms with van der Waals surface area (Å²) in [5, 5.41) is 12.3. The van der Waals surface area contributed by atoms with E-state index in [4.69, 9.17) is 10.00 Å². The van der Waals surface area contributed by atoms with Crippen molar-refractivity contribution in [2.24, 2.45) is 0 Å². The molecule has 0 aliphatic carbocycles. The minimum Gasteiger partial charge on any atom is -0.495 e. The SMILES string of the molecule is CCc1ccc(C2CNCCN2S(=O)(=O)c2ccc(C#N)cc2OC)cc1. The molecule has 1 aliphatic heterocycles. The maximum absolute atomic E-state index is 13.4. The zero-order valence-electron chi connectivity index (χ0n) is 15.5. The van der Waals surface area contributed by atoms with Crippen LogP contribution in [0.5, 0.6) is 5.75 Å². The molecule has 0 amide bonds. The highest BCUT2D eigenvalue weighted by Crippen LogP contribution is 2.33. The monoisotopic (exact) mass is 385 g/mol. The first-order valence-corrected chi connectivity index (χ1v) is 10.3. The molecule has 0 radical (unpaired) electrons. The Morgan fingerprint density at radius 2 is 2.00 bits per heavy atom. The van der Waals surface area contributed by atoms with Crippen LogP contribution in [-0.4, -0.2) is 39.5 Å². The van der Waals surface area contributed by atoms with E-state index in [0.717, 1.165) is 12.0 Å². The molecule has 142 valence electrons. The number of nitriles is 1. The number of nitrogens with zero attached hydrogens (tertiary/aromatic N) is 2. The van der Waals surface area contributed by atoms with Crippen LogP contribution in [0.3, 0.4) is 0 Å². The summed E-state index contributed by atoms with van der Waals surface area (Å²) < 4.78 is 33.6. The van der Waals surface area contributed by atoms with E-state index in [0.29, 0.717) is 25.2 Å². The standard InChI is InChI=1S/C20H23N3O3S/c1-3-15-4-7-17(8-5-15)18-14-22-10-11-23(18)27(24,25)20-9-6-16(13-21)12-19(20)26-2/h4-9,12,18,22H,3,10-11,14H2,1-2H3. The fourth-order valence-electron chi connectivity index (χ4n) is 3.31. The summed E-state index contributed by atoms with van der Waals surface area (Å²) >= 11 is 0. The molecule has 0 bridgehead atoms. The van der Waals surface area contributed by atoms with E-state index in [1.54, 1.807) is 0 Å². The van der Waals surface area contributed by atoms with Crippen molar-refractivity contribution in [3.63, 3.8) is 0 Å². The van der Waals surface area contributed by atoms with Crippen LogP contribution in [0, 0.1) is 11.3 Å². The molecule has 3 rings (SSSR count). The van der Waals surface area contributed by atoms with Crippen molar-refractivity contribution in [2.45, 2.75) is 24.3 Å². The summed E-state index contributed by atoms with van der Waals surface area (Å²) in [4.78, 5) is 0.0843. The summed E-state index contributed by atoms with van der Waals surface area (Å²) in [7, 11) is -2.37. The second kappa shape index (κ2) is 8.09. The number of rotatable bonds is 5. The van der Waals surface area contributed by atoms with Gasteiger partial charge in [0.2, 0.25) is 10.0 Å². The van der Waals surface area contributed by atoms with Gasteiger partial charge in [0.05, 0.1) is 24.8 Å². The average molecular weight is 385 g/mol. The molecule has 0 spiro atoms. The van der Waals surface area contributed by atoms with Gasteiger partial charge in [-0.2, -0.15) is 9.57 Å². The summed E-state index contributed by atoms with van der Waals surface area (Å²) in [5.74, 6) is 0.188. The molecule has 1 aliphatic rings. The largest absolute Gasteiger partial charge is 0.495 e. The van der Waals surface area contributed by atoms with E-state index in [9.17, 15) is 8.42 Å². The predicted molar refractivity (Wildman–Crippen MR) is 103 cm³/mol. The van der Waals surface area contributed by atoms with Crippen LogP contribution in [0.25, 0.3) is 0 Å². The fourth-order valence-corrected chi connectivity index (χ4v) is 5.06. The van der Waals surface area contributed by atoms with E-state index in [1.807, 2.05) is 30.3 Å². The van der Waals surface area contributed by atoms with Gasteiger partial charge in [0.1, 0.15) is 10.6 Å². The predicted octanol–water partition coefficient (Wildman–Crippen LogP) is 2.46. The van der Waals surface area contributed by atoms with Gasteiger partial charge in [0.15, 0.2) is 0 Å². The van der Waals surface area contributed by atoms with Crippen LogP contribution < -0.4 is 10.1 Å². The Balaban J connectivity index is 2.01. The topological polar surface area (TPSA) is 82.4 Å². The lowest BCUT2D eigenvalue weighted by atomic mass is 10.0. The summed E-state index contributed by atoms with van der Waals surface area (Å²) in [5.41, 5.74) is 2.53. The van der Waals surface area contributed by atoms with Crippen LogP contribution in [0.4, 0.5) is 0 Å². The number of hydrogen-bond acceptors (Lipinski definition) is 5. The van der Waals surface area contributed by atoms with E-state index < -0.39 is 10.0 Å². The molecule has 7 heteroatoms. The lowest BCUT2D eigenvalue weighted by molar-refractivity contribution is 0.270. The fraction of sp³-hybridized carbons (Fsp3) is 0.350. The number of sulfonamides is 1. The summed E-state index contributed by atoms with van der Waals surface area (Å²) in [6.07, 6.45) is 0.938. The van der Waals surface area contributed by atoms with Gasteiger partial charge in [-0.05, 0) is 35.7 Å². The molecule has 1 N–H and O–H groups in total. The smallest absolute Gasteiger partial charge is 0.247 e. The van der Waals surface area contributed by atoms with Crippen molar-refractivity contribution >= 4 is 10.0 Å². The van der Waals surface area contributed by atoms with E-state index in [-0.39, 0.29) is 16.7 Å². The van der Waals surface area contributed by atoms with E-state index >= 15 is 0 Å². The average Bonchev–Trinajstić information content (AvgIpc) is 2.73. The number of piperazine rings is 1. The second-order valence-corrected chi connectivity index (χ2v) is 8.27. The normalized spacial score (nSPS) is 18.0. The van der Waals surface area contributed by atoms with Gasteiger partial charge < -0.3 is 10.1 Å². The molecule has 0 saturated carbocycles. The number of methoxy groups -OCH3 is 1. The number of ether oxygens (including phenoxy) is 1. The van der Waals surface area contributed by atoms with Crippen LogP contribution in [0.15, 0.2) is 47.4 Å². The molecular weight excluding hydrogens is 362 g/mol. The van der Waals surface area contributed by atoms with Crippen LogP contribution in [0.1, 0.15) is 29.7 Å². The first-order chi connectivity index (χ1) is 13.0. The molecule has 1 unspecified atom stereocenters. The van der Waals surface area contributed by atoms with E-state index in [1.165, 1.54) is 35.2 Å². The van der Waals surface area contributed by atoms with Gasteiger partial charge in [-0.3, -0.25) is 0 Å². The van der Waals surface area contributed by atoms with Crippen LogP contribution in [-0.2, 0) is 16.4 Å². The Bertz CT molecular complexity index is 949. The van der Waals surface area contributed by atoms with Crippen LogP contribution in [0.2, 0.25) is 0 Å². The van der Waals surface area contributed by atoms with Crippen molar-refractivity contribution in [1.29, 1.82) is 5.26 Å².